The lowest BCUT2D eigenvalue weighted by molar-refractivity contribution is 0.211. The van der Waals surface area contributed by atoms with E-state index >= 15 is 0 Å². The number of carbonyl (C=O) groups is 1. The molecule has 20 heavy (non-hydrogen) atoms. The smallest absolute Gasteiger partial charge is 0.278 e. The minimum Gasteiger partial charge on any atom is -0.335 e. The van der Waals surface area contributed by atoms with Crippen molar-refractivity contribution in [3.63, 3.8) is 0 Å². The fourth-order valence-corrected chi connectivity index (χ4v) is 2.70. The molecule has 1 aliphatic carbocycles. The van der Waals surface area contributed by atoms with Gasteiger partial charge in [-0.05, 0) is 19.1 Å². The molecule has 1 atom stereocenters. The highest BCUT2D eigenvalue weighted by atomic mass is 32.1. The Labute approximate surface area is 123 Å². The third-order valence-corrected chi connectivity index (χ3v) is 3.87. The average molecular weight is 288 g/mol. The molecule has 5 nitrogen and oxygen atoms in total. The average Bonchev–Trinajstić information content (AvgIpc) is 2.69. The molecule has 0 radical (unpaired) electrons. The molecule has 0 bridgehead atoms. The molecular formula is C14H16N4OS. The summed E-state index contributed by atoms with van der Waals surface area (Å²) < 4.78 is 0. The fraction of sp³-hybridized carbons (Fsp3) is 0.357. The number of piperazine rings is 1. The van der Waals surface area contributed by atoms with Crippen molar-refractivity contribution in [3.8, 4) is 11.4 Å². The fourth-order valence-electron chi connectivity index (χ4n) is 2.51. The van der Waals surface area contributed by atoms with E-state index in [-0.39, 0.29) is 11.3 Å². The number of aromatic nitrogens is 2. The van der Waals surface area contributed by atoms with Crippen LogP contribution in [0.3, 0.4) is 0 Å². The Bertz CT molecular complexity index is 575. The maximum absolute atomic E-state index is 11.3. The van der Waals surface area contributed by atoms with Gasteiger partial charge in [0.2, 0.25) is 5.95 Å². The van der Waals surface area contributed by atoms with Crippen molar-refractivity contribution >= 4 is 23.8 Å². The van der Waals surface area contributed by atoms with Crippen LogP contribution in [0.5, 0.6) is 0 Å². The molecule has 0 aromatic carbocycles. The molecular weight excluding hydrogens is 272 g/mol. The number of hydrogen-bond acceptors (Lipinski definition) is 4. The molecule has 0 N–H and O–H groups in total. The molecule has 2 aliphatic heterocycles. The van der Waals surface area contributed by atoms with Crippen molar-refractivity contribution in [2.24, 2.45) is 0 Å². The van der Waals surface area contributed by atoms with Crippen molar-refractivity contribution in [1.29, 1.82) is 0 Å². The van der Waals surface area contributed by atoms with Crippen molar-refractivity contribution in [1.82, 2.24) is 14.9 Å². The standard InChI is InChI=1S/C14H16N4OS/c1-10-9-17(14(19)20)7-8-18(10)13-15-11-5-3-2-4-6-12(11)16-13/h2-6,10H,7-9H2,1H3,(H,19,20). The lowest BCUT2D eigenvalue weighted by atomic mass is 10.2. The van der Waals surface area contributed by atoms with E-state index < -0.39 is 0 Å². The first kappa shape index (κ1) is 13.2. The van der Waals surface area contributed by atoms with Gasteiger partial charge in [0.15, 0.2) is 0 Å². The van der Waals surface area contributed by atoms with Gasteiger partial charge in [0, 0.05) is 25.7 Å². The topological polar surface area (TPSA) is 49.3 Å². The van der Waals surface area contributed by atoms with Crippen LogP contribution in [0.1, 0.15) is 6.92 Å². The van der Waals surface area contributed by atoms with Crippen LogP contribution in [-0.4, -0.2) is 45.8 Å². The number of nitrogens with zero attached hydrogens (tertiary/aromatic N) is 4. The van der Waals surface area contributed by atoms with Crippen molar-refractivity contribution < 1.29 is 4.79 Å². The molecule has 1 unspecified atom stereocenters. The Kier molecular flexibility index (Phi) is 3.48. The second-order valence-corrected chi connectivity index (χ2v) is 5.36. The van der Waals surface area contributed by atoms with Gasteiger partial charge in [0.05, 0.1) is 11.4 Å². The van der Waals surface area contributed by atoms with Gasteiger partial charge >= 0.3 is 0 Å². The van der Waals surface area contributed by atoms with Crippen LogP contribution in [0.4, 0.5) is 10.7 Å². The van der Waals surface area contributed by atoms with Crippen LogP contribution >= 0.6 is 12.6 Å². The predicted octanol–water partition coefficient (Wildman–Crippen LogP) is 2.14. The van der Waals surface area contributed by atoms with E-state index in [0.717, 1.165) is 23.9 Å². The normalized spacial score (nSPS) is 19.4. The highest BCUT2D eigenvalue weighted by Crippen LogP contribution is 2.24. The zero-order valence-electron chi connectivity index (χ0n) is 11.2. The first-order chi connectivity index (χ1) is 9.65. The Morgan fingerprint density at radius 1 is 1.20 bits per heavy atom. The third-order valence-electron chi connectivity index (χ3n) is 3.59. The summed E-state index contributed by atoms with van der Waals surface area (Å²) in [5.41, 5.74) is 1.79. The molecule has 0 aromatic rings. The van der Waals surface area contributed by atoms with Crippen molar-refractivity contribution in [2.45, 2.75) is 13.0 Å². The summed E-state index contributed by atoms with van der Waals surface area (Å²) in [5.74, 6) is 0.741. The second-order valence-electron chi connectivity index (χ2n) is 4.98. The first-order valence-electron chi connectivity index (χ1n) is 6.62. The van der Waals surface area contributed by atoms with E-state index in [1.807, 2.05) is 30.3 Å². The third kappa shape index (κ3) is 2.43. The molecule has 104 valence electrons. The molecule has 1 amide bonds. The van der Waals surface area contributed by atoms with E-state index in [2.05, 4.69) is 34.4 Å². The summed E-state index contributed by atoms with van der Waals surface area (Å²) in [5, 5.41) is -0.169. The lowest BCUT2D eigenvalue weighted by Crippen LogP contribution is -2.53. The van der Waals surface area contributed by atoms with Crippen LogP contribution < -0.4 is 4.90 Å². The van der Waals surface area contributed by atoms with Gasteiger partial charge in [0.25, 0.3) is 5.24 Å². The van der Waals surface area contributed by atoms with Gasteiger partial charge in [-0.3, -0.25) is 4.79 Å². The molecule has 3 rings (SSSR count). The molecule has 3 aliphatic rings. The summed E-state index contributed by atoms with van der Waals surface area (Å²) >= 11 is 3.89. The Balaban J connectivity index is 1.85. The van der Waals surface area contributed by atoms with Crippen LogP contribution in [0.2, 0.25) is 0 Å². The van der Waals surface area contributed by atoms with E-state index in [0.29, 0.717) is 13.1 Å². The summed E-state index contributed by atoms with van der Waals surface area (Å²) in [6.45, 7) is 4.12. The van der Waals surface area contributed by atoms with Gasteiger partial charge in [-0.15, -0.1) is 0 Å². The first-order valence-corrected chi connectivity index (χ1v) is 7.07. The Hall–Kier alpha value is -1.82. The number of imidazole rings is 1. The highest BCUT2D eigenvalue weighted by Gasteiger charge is 2.28. The highest BCUT2D eigenvalue weighted by molar-refractivity contribution is 7.96. The summed E-state index contributed by atoms with van der Waals surface area (Å²) in [6.07, 6.45) is 0. The van der Waals surface area contributed by atoms with Crippen molar-refractivity contribution in [3.05, 3.63) is 30.3 Å². The molecule has 1 fully saturated rings. The van der Waals surface area contributed by atoms with Crippen LogP contribution in [-0.2, 0) is 0 Å². The molecule has 6 heteroatoms. The number of rotatable bonds is 1. The number of thiol groups is 1. The monoisotopic (exact) mass is 288 g/mol. The number of amides is 1. The molecule has 0 spiro atoms. The van der Waals surface area contributed by atoms with E-state index in [4.69, 9.17) is 0 Å². The summed E-state index contributed by atoms with van der Waals surface area (Å²) in [6, 6.07) is 9.99. The van der Waals surface area contributed by atoms with Crippen molar-refractivity contribution in [2.75, 3.05) is 24.5 Å². The zero-order chi connectivity index (χ0) is 14.1. The van der Waals surface area contributed by atoms with E-state index in [1.54, 1.807) is 4.90 Å². The number of carbonyl (C=O) groups excluding carboxylic acids is 1. The maximum Gasteiger partial charge on any atom is 0.278 e. The lowest BCUT2D eigenvalue weighted by Gasteiger charge is -2.38. The summed E-state index contributed by atoms with van der Waals surface area (Å²) in [4.78, 5) is 24.4. The largest absolute Gasteiger partial charge is 0.335 e. The van der Waals surface area contributed by atoms with E-state index in [1.165, 1.54) is 0 Å². The minimum absolute atomic E-state index is 0.169. The molecule has 1 saturated heterocycles. The summed E-state index contributed by atoms with van der Waals surface area (Å²) in [7, 11) is 0. The molecule has 0 saturated carbocycles. The Morgan fingerprint density at radius 2 is 1.85 bits per heavy atom. The zero-order valence-corrected chi connectivity index (χ0v) is 12.1. The van der Waals surface area contributed by atoms with Gasteiger partial charge in [-0.1, -0.05) is 30.8 Å². The van der Waals surface area contributed by atoms with Gasteiger partial charge < -0.3 is 9.80 Å². The predicted molar refractivity (Wildman–Crippen MR) is 81.4 cm³/mol. The van der Waals surface area contributed by atoms with E-state index in [9.17, 15) is 4.79 Å². The van der Waals surface area contributed by atoms with Gasteiger partial charge in [-0.2, -0.15) is 0 Å². The minimum atomic E-state index is -0.169. The second kappa shape index (κ2) is 5.28. The van der Waals surface area contributed by atoms with Gasteiger partial charge in [0.1, 0.15) is 0 Å². The number of fused-ring (bicyclic) bond motifs is 1. The maximum atomic E-state index is 11.3. The number of hydrogen-bond donors (Lipinski definition) is 1. The quantitative estimate of drug-likeness (QED) is 0.817. The molecule has 0 aromatic heterocycles. The Morgan fingerprint density at radius 3 is 2.40 bits per heavy atom. The van der Waals surface area contributed by atoms with Crippen LogP contribution in [0.15, 0.2) is 30.3 Å². The molecule has 2 heterocycles. The SMILES string of the molecule is CC1CN(C(=O)S)CCN1c1nc2cccccc-2n1. The van der Waals surface area contributed by atoms with Gasteiger partial charge in [-0.25, -0.2) is 9.97 Å². The van der Waals surface area contributed by atoms with Crippen LogP contribution in [0, 0.1) is 0 Å². The van der Waals surface area contributed by atoms with Crippen LogP contribution in [0.25, 0.3) is 11.4 Å². The number of anilines is 1.